The first-order valence-corrected chi connectivity index (χ1v) is 18.5. The SMILES string of the molecule is COc1ccc(Cn2nc(N[C@H]3CCNC[C@@H]3F)c3c(Oc4ccc(NC(=O)c5ccnn(-c6ccc(F)cc6)c5=O)cc4F)ccnc32)cc1.O=C(O)C(F)(F)F.O=C(O)C(F)(F)F. The molecule has 344 valence electrons. The number of pyridine rings is 1. The fourth-order valence-corrected chi connectivity index (χ4v) is 5.76. The van der Waals surface area contributed by atoms with E-state index in [9.17, 15) is 44.7 Å². The number of amides is 1. The Labute approximate surface area is 359 Å². The number of benzene rings is 3. The number of fused-ring (bicyclic) bond motifs is 1. The molecular weight excluding hydrogens is 891 g/mol. The lowest BCUT2D eigenvalue weighted by Gasteiger charge is -2.27. The van der Waals surface area contributed by atoms with Crippen molar-refractivity contribution in [1.29, 1.82) is 0 Å². The second-order valence-corrected chi connectivity index (χ2v) is 13.4. The number of hydrogen-bond acceptors (Lipinski definition) is 11. The topological polar surface area (TPSA) is 212 Å². The van der Waals surface area contributed by atoms with E-state index in [0.717, 1.165) is 16.3 Å². The summed E-state index contributed by atoms with van der Waals surface area (Å²) in [6.07, 6.45) is -8.05. The van der Waals surface area contributed by atoms with Crippen LogP contribution in [0.4, 0.5) is 51.0 Å². The lowest BCUT2D eigenvalue weighted by molar-refractivity contribution is -0.193. The molecule has 0 bridgehead atoms. The highest BCUT2D eigenvalue weighted by Crippen LogP contribution is 2.36. The van der Waals surface area contributed by atoms with Gasteiger partial charge in [-0.15, -0.1) is 0 Å². The number of aromatic nitrogens is 5. The Morgan fingerprint density at radius 3 is 2.11 bits per heavy atom. The van der Waals surface area contributed by atoms with Gasteiger partial charge in [-0.2, -0.15) is 41.2 Å². The monoisotopic (exact) mass is 924 g/mol. The molecule has 25 heteroatoms. The molecule has 3 aromatic carbocycles. The molecule has 0 spiro atoms. The van der Waals surface area contributed by atoms with Crippen molar-refractivity contribution < 1.29 is 73.6 Å². The molecule has 1 amide bonds. The Kier molecular flexibility index (Phi) is 15.4. The summed E-state index contributed by atoms with van der Waals surface area (Å²) in [5, 5.41) is 32.2. The van der Waals surface area contributed by atoms with Gasteiger partial charge in [0.2, 0.25) is 0 Å². The number of aliphatic carboxylic acids is 2. The Hall–Kier alpha value is -7.70. The van der Waals surface area contributed by atoms with E-state index in [1.165, 1.54) is 54.9 Å². The number of alkyl halides is 7. The van der Waals surface area contributed by atoms with Crippen molar-refractivity contribution in [1.82, 2.24) is 29.9 Å². The Balaban J connectivity index is 0.000000492. The maximum absolute atomic E-state index is 15.6. The summed E-state index contributed by atoms with van der Waals surface area (Å²) in [7, 11) is 1.59. The van der Waals surface area contributed by atoms with Crippen LogP contribution in [0, 0.1) is 11.6 Å². The van der Waals surface area contributed by atoms with Crippen molar-refractivity contribution >= 4 is 40.4 Å². The van der Waals surface area contributed by atoms with Crippen LogP contribution in [0.1, 0.15) is 22.3 Å². The van der Waals surface area contributed by atoms with Crippen molar-refractivity contribution in [3.05, 3.63) is 124 Å². The minimum absolute atomic E-state index is 0.0591. The fourth-order valence-electron chi connectivity index (χ4n) is 5.76. The molecule has 16 nitrogen and oxygen atoms in total. The number of carbonyl (C=O) groups excluding carboxylic acids is 1. The highest BCUT2D eigenvalue weighted by Gasteiger charge is 2.39. The smallest absolute Gasteiger partial charge is 0.490 e. The molecule has 0 saturated carbocycles. The van der Waals surface area contributed by atoms with Crippen molar-refractivity contribution in [3.63, 3.8) is 0 Å². The summed E-state index contributed by atoms with van der Waals surface area (Å²) in [6, 6.07) is 18.6. The van der Waals surface area contributed by atoms with Crippen molar-refractivity contribution in [2.24, 2.45) is 0 Å². The zero-order chi connectivity index (χ0) is 47.6. The van der Waals surface area contributed by atoms with Gasteiger partial charge in [-0.25, -0.2) is 32.4 Å². The second-order valence-electron chi connectivity index (χ2n) is 13.4. The van der Waals surface area contributed by atoms with Gasteiger partial charge in [0, 0.05) is 36.8 Å². The third-order valence-corrected chi connectivity index (χ3v) is 8.87. The summed E-state index contributed by atoms with van der Waals surface area (Å²) >= 11 is 0. The van der Waals surface area contributed by atoms with Crippen LogP contribution in [0.15, 0.2) is 96.1 Å². The van der Waals surface area contributed by atoms with Crippen molar-refractivity contribution in [2.75, 3.05) is 30.8 Å². The number of halogens is 9. The average Bonchev–Trinajstić information content (AvgIpc) is 3.60. The predicted molar refractivity (Wildman–Crippen MR) is 211 cm³/mol. The summed E-state index contributed by atoms with van der Waals surface area (Å²) < 4.78 is 121. The largest absolute Gasteiger partial charge is 0.497 e. The molecule has 1 aliphatic heterocycles. The molecule has 7 rings (SSSR count). The third-order valence-electron chi connectivity index (χ3n) is 8.87. The van der Waals surface area contributed by atoms with Crippen LogP contribution in [-0.2, 0) is 16.1 Å². The van der Waals surface area contributed by atoms with Crippen molar-refractivity contribution in [3.8, 4) is 22.9 Å². The third kappa shape index (κ3) is 12.7. The molecule has 0 radical (unpaired) electrons. The van der Waals surface area contributed by atoms with E-state index in [2.05, 4.69) is 26.0 Å². The number of rotatable bonds is 10. The number of methoxy groups -OCH3 is 1. The number of nitrogens with zero attached hydrogens (tertiary/aromatic N) is 5. The normalized spacial score (nSPS) is 14.8. The van der Waals surface area contributed by atoms with Crippen LogP contribution < -0.4 is 31.0 Å². The van der Waals surface area contributed by atoms with Crippen LogP contribution >= 0.6 is 0 Å². The molecule has 2 atom stereocenters. The standard InChI is InChI=1S/C36H31F3N8O4.2C2HF3O2/c1-50-25-9-2-21(3-10-25)20-46-34-32(33(45-46)44-29-13-15-40-19-28(29)39)31(14-16-41-34)51-30-11-6-23(18-27(30)38)43-35(48)26-12-17-42-47(36(26)49)24-7-4-22(37)5-8-24;2*3-2(4,5)1(6)7/h2-12,14,16-18,28-29,40H,13,15,19-20H2,1H3,(H,43,48)(H,44,45);2*(H,6,7)/t28-,29-;;/m0../s1. The van der Waals surface area contributed by atoms with Gasteiger partial charge < -0.3 is 35.6 Å². The highest BCUT2D eigenvalue weighted by atomic mass is 19.4. The maximum Gasteiger partial charge on any atom is 0.490 e. The van der Waals surface area contributed by atoms with Crippen LogP contribution in [0.3, 0.4) is 0 Å². The summed E-state index contributed by atoms with van der Waals surface area (Å²) in [5.41, 5.74) is 0.662. The molecule has 1 fully saturated rings. The molecule has 5 N–H and O–H groups in total. The van der Waals surface area contributed by atoms with E-state index in [4.69, 9.17) is 34.4 Å². The summed E-state index contributed by atoms with van der Waals surface area (Å²) in [6.45, 7) is 1.16. The second kappa shape index (κ2) is 20.7. The number of carbonyl (C=O) groups is 3. The Bertz CT molecular complexity index is 2670. The van der Waals surface area contributed by atoms with Gasteiger partial charge >= 0.3 is 24.3 Å². The van der Waals surface area contributed by atoms with Crippen LogP contribution in [0.2, 0.25) is 0 Å². The highest BCUT2D eigenvalue weighted by molar-refractivity contribution is 6.04. The van der Waals surface area contributed by atoms with Crippen LogP contribution in [0.25, 0.3) is 16.7 Å². The maximum atomic E-state index is 15.6. The summed E-state index contributed by atoms with van der Waals surface area (Å²) in [4.78, 5) is 48.4. The average molecular weight is 925 g/mol. The number of nitrogens with one attached hydrogen (secondary N) is 3. The van der Waals surface area contributed by atoms with E-state index in [0.29, 0.717) is 42.1 Å². The van der Waals surface area contributed by atoms with Gasteiger partial charge in [-0.05, 0) is 73.1 Å². The molecule has 1 saturated heterocycles. The predicted octanol–water partition coefficient (Wildman–Crippen LogP) is 6.74. The number of hydrogen-bond donors (Lipinski definition) is 5. The molecule has 0 unspecified atom stereocenters. The van der Waals surface area contributed by atoms with E-state index >= 15 is 4.39 Å². The minimum Gasteiger partial charge on any atom is -0.497 e. The van der Waals surface area contributed by atoms with Gasteiger partial charge in [0.05, 0.1) is 25.4 Å². The van der Waals surface area contributed by atoms with Gasteiger partial charge in [0.15, 0.2) is 23.0 Å². The number of ether oxygens (including phenoxy) is 2. The van der Waals surface area contributed by atoms with Crippen LogP contribution in [0.5, 0.6) is 17.2 Å². The first kappa shape index (κ1) is 48.3. The fraction of sp³-hybridized carbons (Fsp3) is 0.225. The van der Waals surface area contributed by atoms with E-state index in [1.54, 1.807) is 17.9 Å². The molecule has 3 aromatic heterocycles. The van der Waals surface area contributed by atoms with Gasteiger partial charge in [-0.1, -0.05) is 12.1 Å². The lowest BCUT2D eigenvalue weighted by atomic mass is 10.0. The lowest BCUT2D eigenvalue weighted by Crippen LogP contribution is -2.45. The molecular formula is C40H33F9N8O8. The van der Waals surface area contributed by atoms with Gasteiger partial charge in [-0.3, -0.25) is 9.59 Å². The quantitative estimate of drug-likeness (QED) is 0.0903. The van der Waals surface area contributed by atoms with Crippen molar-refractivity contribution in [2.45, 2.75) is 37.5 Å². The molecule has 0 aliphatic carbocycles. The number of carboxylic acid groups (broad SMARTS) is 2. The van der Waals surface area contributed by atoms with Crippen LogP contribution in [-0.4, -0.2) is 97.4 Å². The molecule has 65 heavy (non-hydrogen) atoms. The number of piperidine rings is 1. The minimum atomic E-state index is -5.08. The zero-order valence-electron chi connectivity index (χ0n) is 33.1. The summed E-state index contributed by atoms with van der Waals surface area (Å²) in [5.74, 6) is -6.51. The first-order chi connectivity index (χ1) is 30.7. The first-order valence-electron chi connectivity index (χ1n) is 18.5. The molecule has 6 aromatic rings. The molecule has 4 heterocycles. The van der Waals surface area contributed by atoms with E-state index in [1.807, 2.05) is 24.3 Å². The molecule has 1 aliphatic rings. The van der Waals surface area contributed by atoms with Gasteiger partial charge in [0.25, 0.3) is 11.5 Å². The van der Waals surface area contributed by atoms with Gasteiger partial charge in [0.1, 0.15) is 34.4 Å². The number of anilines is 2. The Morgan fingerprint density at radius 2 is 1.52 bits per heavy atom. The van der Waals surface area contributed by atoms with E-state index in [-0.39, 0.29) is 35.0 Å². The number of carboxylic acids is 2. The zero-order valence-corrected chi connectivity index (χ0v) is 33.1. The Morgan fingerprint density at radius 1 is 0.877 bits per heavy atom. The van der Waals surface area contributed by atoms with E-state index < -0.39 is 59.6 Å².